The molecule has 0 rings (SSSR count). The number of esters is 1. The number of hydrogen-bond donors (Lipinski definition) is 1. The molecular weight excluding hydrogens is 246 g/mol. The summed E-state index contributed by atoms with van der Waals surface area (Å²) >= 11 is 0. The number of carbonyl (C=O) groups excluding carboxylic acids is 1. The van der Waals surface area contributed by atoms with E-state index in [2.05, 4.69) is 12.2 Å². The third kappa shape index (κ3) is 7.50. The lowest BCUT2D eigenvalue weighted by molar-refractivity contribution is -0.152. The van der Waals surface area contributed by atoms with Crippen molar-refractivity contribution < 1.29 is 19.0 Å². The van der Waals surface area contributed by atoms with Crippen molar-refractivity contribution >= 4 is 5.97 Å². The van der Waals surface area contributed by atoms with Crippen LogP contribution in [0.4, 0.5) is 0 Å². The van der Waals surface area contributed by atoms with Crippen molar-refractivity contribution in [1.29, 1.82) is 0 Å². The van der Waals surface area contributed by atoms with Crippen LogP contribution in [0.3, 0.4) is 0 Å². The Balaban J connectivity index is 4.43. The fourth-order valence-corrected chi connectivity index (χ4v) is 1.89. The highest BCUT2D eigenvalue weighted by Gasteiger charge is 2.35. The van der Waals surface area contributed by atoms with Crippen molar-refractivity contribution in [2.75, 3.05) is 33.5 Å². The number of hydrogen-bond acceptors (Lipinski definition) is 5. The Morgan fingerprint density at radius 1 is 1.32 bits per heavy atom. The van der Waals surface area contributed by atoms with Gasteiger partial charge in [-0.1, -0.05) is 6.92 Å². The maximum absolute atomic E-state index is 12.1. The molecule has 19 heavy (non-hydrogen) atoms. The lowest BCUT2D eigenvalue weighted by atomic mass is 9.94. The van der Waals surface area contributed by atoms with Crippen LogP contribution in [0.2, 0.25) is 0 Å². The number of ether oxygens (including phenoxy) is 3. The van der Waals surface area contributed by atoms with Crippen LogP contribution in [-0.2, 0) is 19.0 Å². The Labute approximate surface area is 117 Å². The zero-order valence-corrected chi connectivity index (χ0v) is 13.0. The third-order valence-electron chi connectivity index (χ3n) is 2.88. The largest absolute Gasteiger partial charge is 0.465 e. The third-order valence-corrected chi connectivity index (χ3v) is 2.88. The predicted molar refractivity (Wildman–Crippen MR) is 75.2 cm³/mol. The number of carbonyl (C=O) groups is 1. The van der Waals surface area contributed by atoms with Crippen LogP contribution >= 0.6 is 0 Å². The number of rotatable bonds is 11. The van der Waals surface area contributed by atoms with Gasteiger partial charge in [0.2, 0.25) is 0 Å². The van der Waals surface area contributed by atoms with Crippen LogP contribution in [0.5, 0.6) is 0 Å². The van der Waals surface area contributed by atoms with Crippen molar-refractivity contribution in [2.24, 2.45) is 0 Å². The topological polar surface area (TPSA) is 56.8 Å². The molecule has 0 radical (unpaired) electrons. The lowest BCUT2D eigenvalue weighted by Crippen LogP contribution is -2.52. The summed E-state index contributed by atoms with van der Waals surface area (Å²) in [6.45, 7) is 9.97. The smallest absolute Gasteiger partial charge is 0.326 e. The van der Waals surface area contributed by atoms with Crippen LogP contribution in [0, 0.1) is 0 Å². The summed E-state index contributed by atoms with van der Waals surface area (Å²) in [6.07, 6.45) is 1.51. The second-order valence-corrected chi connectivity index (χ2v) is 4.86. The highest BCUT2D eigenvalue weighted by Crippen LogP contribution is 2.17. The minimum atomic E-state index is -0.696. The maximum Gasteiger partial charge on any atom is 0.326 e. The molecule has 0 amide bonds. The number of methoxy groups -OCH3 is 1. The molecule has 5 nitrogen and oxygen atoms in total. The SMILES string of the molecule is CCCNC(C)(CC(C)OCCOC)C(=O)OCC. The molecule has 0 aromatic heterocycles. The molecule has 0 aromatic rings. The van der Waals surface area contributed by atoms with Gasteiger partial charge in [-0.15, -0.1) is 0 Å². The zero-order valence-electron chi connectivity index (χ0n) is 13.0. The first-order valence-electron chi connectivity index (χ1n) is 7.03. The van der Waals surface area contributed by atoms with Crippen molar-refractivity contribution in [3.63, 3.8) is 0 Å². The van der Waals surface area contributed by atoms with Crippen LogP contribution in [0.15, 0.2) is 0 Å². The van der Waals surface area contributed by atoms with Crippen LogP contribution < -0.4 is 5.32 Å². The zero-order chi connectivity index (χ0) is 14.7. The van der Waals surface area contributed by atoms with Gasteiger partial charge in [0, 0.05) is 13.5 Å². The lowest BCUT2D eigenvalue weighted by Gasteiger charge is -2.31. The van der Waals surface area contributed by atoms with E-state index < -0.39 is 5.54 Å². The van der Waals surface area contributed by atoms with Crippen molar-refractivity contribution in [1.82, 2.24) is 5.32 Å². The van der Waals surface area contributed by atoms with E-state index in [1.807, 2.05) is 20.8 Å². The Morgan fingerprint density at radius 2 is 2.00 bits per heavy atom. The molecule has 0 aliphatic rings. The van der Waals surface area contributed by atoms with E-state index in [0.717, 1.165) is 13.0 Å². The molecule has 0 fully saturated rings. The number of nitrogens with one attached hydrogen (secondary N) is 1. The quantitative estimate of drug-likeness (QED) is 0.460. The monoisotopic (exact) mass is 275 g/mol. The fourth-order valence-electron chi connectivity index (χ4n) is 1.89. The van der Waals surface area contributed by atoms with Gasteiger partial charge in [-0.05, 0) is 33.7 Å². The Morgan fingerprint density at radius 3 is 2.53 bits per heavy atom. The second kappa shape index (κ2) is 10.2. The molecule has 0 saturated heterocycles. The van der Waals surface area contributed by atoms with Gasteiger partial charge in [0.05, 0.1) is 25.9 Å². The van der Waals surface area contributed by atoms with E-state index in [0.29, 0.717) is 26.2 Å². The first kappa shape index (κ1) is 18.4. The van der Waals surface area contributed by atoms with Gasteiger partial charge >= 0.3 is 5.97 Å². The predicted octanol–water partition coefficient (Wildman–Crippen LogP) is 1.75. The van der Waals surface area contributed by atoms with Crippen molar-refractivity contribution in [2.45, 2.75) is 52.2 Å². The van der Waals surface area contributed by atoms with Gasteiger partial charge in [-0.3, -0.25) is 4.79 Å². The minimum absolute atomic E-state index is 0.0334. The molecule has 0 bridgehead atoms. The highest BCUT2D eigenvalue weighted by molar-refractivity contribution is 5.80. The molecule has 0 aromatic carbocycles. The average Bonchev–Trinajstić information content (AvgIpc) is 2.37. The van der Waals surface area contributed by atoms with Crippen molar-refractivity contribution in [3.8, 4) is 0 Å². The molecule has 0 aliphatic carbocycles. The fraction of sp³-hybridized carbons (Fsp3) is 0.929. The van der Waals surface area contributed by atoms with E-state index >= 15 is 0 Å². The molecule has 5 heteroatoms. The molecule has 114 valence electrons. The van der Waals surface area contributed by atoms with E-state index in [1.165, 1.54) is 0 Å². The van der Waals surface area contributed by atoms with E-state index in [-0.39, 0.29) is 12.1 Å². The van der Waals surface area contributed by atoms with Gasteiger partial charge in [0.25, 0.3) is 0 Å². The molecule has 2 unspecified atom stereocenters. The molecule has 0 aliphatic heterocycles. The van der Waals surface area contributed by atoms with Gasteiger partial charge in [-0.2, -0.15) is 0 Å². The summed E-state index contributed by atoms with van der Waals surface area (Å²) in [7, 11) is 1.64. The Kier molecular flexibility index (Phi) is 9.83. The van der Waals surface area contributed by atoms with E-state index in [9.17, 15) is 4.79 Å². The minimum Gasteiger partial charge on any atom is -0.465 e. The summed E-state index contributed by atoms with van der Waals surface area (Å²) in [6, 6.07) is 0. The molecule has 2 atom stereocenters. The van der Waals surface area contributed by atoms with Crippen LogP contribution in [-0.4, -0.2) is 51.1 Å². The Hall–Kier alpha value is -0.650. The summed E-state index contributed by atoms with van der Waals surface area (Å²) in [5.74, 6) is -0.217. The van der Waals surface area contributed by atoms with Crippen LogP contribution in [0.1, 0.15) is 40.5 Å². The summed E-state index contributed by atoms with van der Waals surface area (Å²) < 4.78 is 15.7. The van der Waals surface area contributed by atoms with Gasteiger partial charge in [0.15, 0.2) is 0 Å². The van der Waals surface area contributed by atoms with Gasteiger partial charge in [-0.25, -0.2) is 0 Å². The molecule has 1 N–H and O–H groups in total. The van der Waals surface area contributed by atoms with Crippen LogP contribution in [0.25, 0.3) is 0 Å². The van der Waals surface area contributed by atoms with E-state index in [1.54, 1.807) is 7.11 Å². The highest BCUT2D eigenvalue weighted by atomic mass is 16.5. The maximum atomic E-state index is 12.1. The van der Waals surface area contributed by atoms with E-state index in [4.69, 9.17) is 14.2 Å². The molecule has 0 heterocycles. The Bertz CT molecular complexity index is 248. The normalized spacial score (nSPS) is 15.8. The van der Waals surface area contributed by atoms with Gasteiger partial charge < -0.3 is 19.5 Å². The van der Waals surface area contributed by atoms with Gasteiger partial charge in [0.1, 0.15) is 5.54 Å². The standard InChI is InChI=1S/C14H29NO4/c1-6-8-15-14(4,13(16)18-7-2)11-12(3)19-10-9-17-5/h12,15H,6-11H2,1-5H3. The first-order valence-corrected chi connectivity index (χ1v) is 7.03. The molecule has 0 saturated carbocycles. The average molecular weight is 275 g/mol. The van der Waals surface area contributed by atoms with Crippen molar-refractivity contribution in [3.05, 3.63) is 0 Å². The second-order valence-electron chi connectivity index (χ2n) is 4.86. The molecule has 0 spiro atoms. The molecular formula is C14H29NO4. The first-order chi connectivity index (χ1) is 9.00. The summed E-state index contributed by atoms with van der Waals surface area (Å²) in [4.78, 5) is 12.1. The summed E-state index contributed by atoms with van der Waals surface area (Å²) in [5.41, 5.74) is -0.696. The summed E-state index contributed by atoms with van der Waals surface area (Å²) in [5, 5.41) is 3.27.